The number of benzene rings is 2. The number of aliphatic hydroxyl groups excluding tert-OH is 1. The van der Waals surface area contributed by atoms with Gasteiger partial charge in [-0.05, 0) is 18.6 Å². The zero-order chi connectivity index (χ0) is 19.9. The molecule has 1 heterocycles. The van der Waals surface area contributed by atoms with Crippen molar-refractivity contribution in [2.75, 3.05) is 26.8 Å². The van der Waals surface area contributed by atoms with Crippen molar-refractivity contribution in [1.82, 2.24) is 14.9 Å². The van der Waals surface area contributed by atoms with Crippen molar-refractivity contribution >= 4 is 10.9 Å². The molecule has 7 nitrogen and oxygen atoms in total. The Morgan fingerprint density at radius 2 is 2.00 bits per heavy atom. The van der Waals surface area contributed by atoms with Gasteiger partial charge in [-0.15, -0.1) is 0 Å². The van der Waals surface area contributed by atoms with Gasteiger partial charge in [0, 0.05) is 19.2 Å². The first-order chi connectivity index (χ1) is 13.6. The standard InChI is InChI=1S/C21H25N3O4/c1-15(25)12-22-8-9-28-20-10-17-18(11-19(20)27-2)23-14-24(21(17)26)13-16-6-4-3-5-7-16/h3-7,10-11,14-15,22,25H,8-9,12-13H2,1-2H3/t15-/m0/s1. The summed E-state index contributed by atoms with van der Waals surface area (Å²) in [4.78, 5) is 17.3. The van der Waals surface area contributed by atoms with Crippen LogP contribution < -0.4 is 20.3 Å². The molecule has 2 N–H and O–H groups in total. The maximum atomic E-state index is 12.9. The molecule has 1 atom stereocenters. The van der Waals surface area contributed by atoms with Crippen molar-refractivity contribution in [2.45, 2.75) is 19.6 Å². The number of aromatic nitrogens is 2. The molecule has 2 aromatic carbocycles. The number of fused-ring (bicyclic) bond motifs is 1. The van der Waals surface area contributed by atoms with E-state index in [4.69, 9.17) is 9.47 Å². The second-order valence-electron chi connectivity index (χ2n) is 6.59. The zero-order valence-electron chi connectivity index (χ0n) is 16.1. The lowest BCUT2D eigenvalue weighted by molar-refractivity contribution is 0.187. The number of hydrogen-bond acceptors (Lipinski definition) is 6. The van der Waals surface area contributed by atoms with Crippen LogP contribution in [-0.4, -0.2) is 47.6 Å². The van der Waals surface area contributed by atoms with E-state index in [1.54, 1.807) is 37.1 Å². The van der Waals surface area contributed by atoms with Crippen LogP contribution in [0.2, 0.25) is 0 Å². The molecular formula is C21H25N3O4. The minimum absolute atomic E-state index is 0.131. The highest BCUT2D eigenvalue weighted by Crippen LogP contribution is 2.30. The van der Waals surface area contributed by atoms with Crippen LogP contribution >= 0.6 is 0 Å². The summed E-state index contributed by atoms with van der Waals surface area (Å²) >= 11 is 0. The molecule has 0 amide bonds. The van der Waals surface area contributed by atoms with E-state index >= 15 is 0 Å². The lowest BCUT2D eigenvalue weighted by atomic mass is 10.2. The van der Waals surface area contributed by atoms with E-state index in [2.05, 4.69) is 10.3 Å². The van der Waals surface area contributed by atoms with Crippen molar-refractivity contribution in [3.63, 3.8) is 0 Å². The van der Waals surface area contributed by atoms with Crippen molar-refractivity contribution in [2.24, 2.45) is 0 Å². The van der Waals surface area contributed by atoms with Gasteiger partial charge in [-0.25, -0.2) is 4.98 Å². The fourth-order valence-electron chi connectivity index (χ4n) is 2.88. The Kier molecular flexibility index (Phi) is 6.62. The van der Waals surface area contributed by atoms with Gasteiger partial charge in [-0.2, -0.15) is 0 Å². The van der Waals surface area contributed by atoms with Crippen LogP contribution in [0.3, 0.4) is 0 Å². The first-order valence-electron chi connectivity index (χ1n) is 9.21. The van der Waals surface area contributed by atoms with Gasteiger partial charge < -0.3 is 19.9 Å². The van der Waals surface area contributed by atoms with Gasteiger partial charge in [0.05, 0.1) is 37.0 Å². The quantitative estimate of drug-likeness (QED) is 0.548. The first kappa shape index (κ1) is 19.9. The normalized spacial score (nSPS) is 12.1. The molecule has 28 heavy (non-hydrogen) atoms. The average Bonchev–Trinajstić information content (AvgIpc) is 2.70. The number of aliphatic hydroxyl groups is 1. The molecule has 0 saturated carbocycles. The lowest BCUT2D eigenvalue weighted by Gasteiger charge is -2.13. The highest BCUT2D eigenvalue weighted by atomic mass is 16.5. The van der Waals surface area contributed by atoms with Crippen LogP contribution in [0.15, 0.2) is 53.6 Å². The van der Waals surface area contributed by atoms with E-state index in [-0.39, 0.29) is 5.56 Å². The van der Waals surface area contributed by atoms with Crippen molar-refractivity contribution in [1.29, 1.82) is 0 Å². The van der Waals surface area contributed by atoms with Crippen molar-refractivity contribution in [3.05, 3.63) is 64.7 Å². The minimum atomic E-state index is -0.413. The molecule has 0 aliphatic heterocycles. The zero-order valence-corrected chi connectivity index (χ0v) is 16.1. The number of rotatable bonds is 9. The molecule has 0 aliphatic carbocycles. The summed E-state index contributed by atoms with van der Waals surface area (Å²) in [5, 5.41) is 12.8. The third-order valence-electron chi connectivity index (χ3n) is 4.28. The molecule has 3 aromatic rings. The summed E-state index contributed by atoms with van der Waals surface area (Å²) in [7, 11) is 1.55. The van der Waals surface area contributed by atoms with Crippen LogP contribution in [0, 0.1) is 0 Å². The van der Waals surface area contributed by atoms with Gasteiger partial charge in [0.25, 0.3) is 5.56 Å². The van der Waals surface area contributed by atoms with Crippen LogP contribution in [-0.2, 0) is 6.54 Å². The summed E-state index contributed by atoms with van der Waals surface area (Å²) in [6.07, 6.45) is 1.14. The number of hydrogen-bond donors (Lipinski definition) is 2. The van der Waals surface area contributed by atoms with E-state index < -0.39 is 6.10 Å². The third-order valence-corrected chi connectivity index (χ3v) is 4.28. The summed E-state index contributed by atoms with van der Waals surface area (Å²) in [6, 6.07) is 13.2. The molecule has 0 aliphatic rings. The third kappa shape index (κ3) is 4.88. The molecule has 0 fully saturated rings. The van der Waals surface area contributed by atoms with Crippen LogP contribution in [0.25, 0.3) is 10.9 Å². The monoisotopic (exact) mass is 383 g/mol. The molecule has 0 unspecified atom stereocenters. The fourth-order valence-corrected chi connectivity index (χ4v) is 2.88. The molecule has 148 valence electrons. The Balaban J connectivity index is 1.83. The molecule has 1 aromatic heterocycles. The topological polar surface area (TPSA) is 85.6 Å². The van der Waals surface area contributed by atoms with Crippen LogP contribution in [0.1, 0.15) is 12.5 Å². The SMILES string of the molecule is COc1cc2ncn(Cc3ccccc3)c(=O)c2cc1OCCNC[C@H](C)O. The number of ether oxygens (including phenoxy) is 2. The Morgan fingerprint density at radius 3 is 2.71 bits per heavy atom. The van der Waals surface area contributed by atoms with E-state index in [1.807, 2.05) is 30.3 Å². The van der Waals surface area contributed by atoms with Gasteiger partial charge in [0.15, 0.2) is 11.5 Å². The minimum Gasteiger partial charge on any atom is -0.493 e. The number of nitrogens with zero attached hydrogens (tertiary/aromatic N) is 2. The Bertz CT molecular complexity index is 971. The van der Waals surface area contributed by atoms with Crippen molar-refractivity contribution < 1.29 is 14.6 Å². The highest BCUT2D eigenvalue weighted by Gasteiger charge is 2.12. The summed E-state index contributed by atoms with van der Waals surface area (Å²) in [5.74, 6) is 1.01. The summed E-state index contributed by atoms with van der Waals surface area (Å²) < 4.78 is 12.7. The predicted octanol–water partition coefficient (Wildman–Crippen LogP) is 1.80. The maximum absolute atomic E-state index is 12.9. The van der Waals surface area contributed by atoms with Gasteiger partial charge >= 0.3 is 0 Å². The maximum Gasteiger partial charge on any atom is 0.261 e. The molecule has 0 bridgehead atoms. The van der Waals surface area contributed by atoms with E-state index in [0.717, 1.165) is 5.56 Å². The molecule has 0 radical (unpaired) electrons. The molecule has 7 heteroatoms. The summed E-state index contributed by atoms with van der Waals surface area (Å²) in [6.45, 7) is 3.61. The largest absolute Gasteiger partial charge is 0.493 e. The van der Waals surface area contributed by atoms with Gasteiger partial charge in [0.1, 0.15) is 6.61 Å². The van der Waals surface area contributed by atoms with E-state index in [0.29, 0.717) is 48.6 Å². The van der Waals surface area contributed by atoms with Crippen LogP contribution in [0.5, 0.6) is 11.5 Å². The molecule has 0 spiro atoms. The van der Waals surface area contributed by atoms with E-state index in [9.17, 15) is 9.90 Å². The lowest BCUT2D eigenvalue weighted by Crippen LogP contribution is -2.28. The average molecular weight is 383 g/mol. The number of methoxy groups -OCH3 is 1. The molecule has 0 saturated heterocycles. The Labute approximate surface area is 163 Å². The summed E-state index contributed by atoms with van der Waals surface area (Å²) in [5.41, 5.74) is 1.46. The first-order valence-corrected chi connectivity index (χ1v) is 9.21. The van der Waals surface area contributed by atoms with E-state index in [1.165, 1.54) is 0 Å². The molecule has 3 rings (SSSR count). The molecular weight excluding hydrogens is 358 g/mol. The smallest absolute Gasteiger partial charge is 0.261 e. The number of nitrogens with one attached hydrogen (secondary N) is 1. The second kappa shape index (κ2) is 9.34. The van der Waals surface area contributed by atoms with Gasteiger partial charge in [-0.1, -0.05) is 30.3 Å². The van der Waals surface area contributed by atoms with Crippen LogP contribution in [0.4, 0.5) is 0 Å². The highest BCUT2D eigenvalue weighted by molar-refractivity contribution is 5.81. The Morgan fingerprint density at radius 1 is 1.21 bits per heavy atom. The fraction of sp³-hybridized carbons (Fsp3) is 0.333. The Hall–Kier alpha value is -2.90. The predicted molar refractivity (Wildman–Crippen MR) is 108 cm³/mol. The van der Waals surface area contributed by atoms with Gasteiger partial charge in [-0.3, -0.25) is 9.36 Å². The van der Waals surface area contributed by atoms with Crippen molar-refractivity contribution in [3.8, 4) is 11.5 Å². The van der Waals surface area contributed by atoms with Gasteiger partial charge in [0.2, 0.25) is 0 Å². The second-order valence-corrected chi connectivity index (χ2v) is 6.59.